The molecule has 0 bridgehead atoms. The van der Waals surface area contributed by atoms with Crippen molar-refractivity contribution in [3.8, 4) is 0 Å². The van der Waals surface area contributed by atoms with Crippen molar-refractivity contribution >= 4 is 11.3 Å². The van der Waals surface area contributed by atoms with Crippen molar-refractivity contribution in [1.29, 1.82) is 0 Å². The zero-order valence-corrected chi connectivity index (χ0v) is 10.9. The van der Waals surface area contributed by atoms with E-state index in [9.17, 15) is 0 Å². The maximum Gasteiger partial charge on any atom is 0.0944 e. The number of nitrogens with one attached hydrogen (secondary N) is 1. The van der Waals surface area contributed by atoms with Crippen LogP contribution in [0.15, 0.2) is 5.38 Å². The van der Waals surface area contributed by atoms with Crippen LogP contribution >= 0.6 is 11.3 Å². The van der Waals surface area contributed by atoms with Crippen molar-refractivity contribution in [2.45, 2.75) is 45.6 Å². The lowest BCUT2D eigenvalue weighted by Crippen LogP contribution is -2.43. The van der Waals surface area contributed by atoms with Crippen LogP contribution < -0.4 is 11.3 Å². The second-order valence-electron chi connectivity index (χ2n) is 4.93. The summed E-state index contributed by atoms with van der Waals surface area (Å²) in [4.78, 5) is 4.52. The lowest BCUT2D eigenvalue weighted by atomic mass is 9.89. The minimum absolute atomic E-state index is 0.392. The van der Waals surface area contributed by atoms with Crippen LogP contribution in [0.5, 0.6) is 0 Å². The molecule has 1 aliphatic carbocycles. The smallest absolute Gasteiger partial charge is 0.0944 e. The van der Waals surface area contributed by atoms with Gasteiger partial charge in [0.15, 0.2) is 0 Å². The van der Waals surface area contributed by atoms with E-state index in [4.69, 9.17) is 5.84 Å². The highest BCUT2D eigenvalue weighted by Crippen LogP contribution is 2.34. The lowest BCUT2D eigenvalue weighted by molar-refractivity contribution is 0.297. The molecule has 0 spiro atoms. The fraction of sp³-hybridized carbons (Fsp3) is 0.750. The number of aromatic nitrogens is 1. The third-order valence-corrected chi connectivity index (χ3v) is 4.71. The highest BCUT2D eigenvalue weighted by atomic mass is 32.1. The highest BCUT2D eigenvalue weighted by molar-refractivity contribution is 7.09. The number of hydrogen-bond donors (Lipinski definition) is 2. The van der Waals surface area contributed by atoms with Gasteiger partial charge in [-0.2, -0.15) is 0 Å². The molecule has 1 aliphatic rings. The molecule has 3 unspecified atom stereocenters. The summed E-state index contributed by atoms with van der Waals surface area (Å²) in [5.74, 6) is 7.21. The van der Waals surface area contributed by atoms with Gasteiger partial charge in [-0.15, -0.1) is 11.3 Å². The van der Waals surface area contributed by atoms with Gasteiger partial charge >= 0.3 is 0 Å². The maximum atomic E-state index is 5.70. The Hall–Kier alpha value is -0.450. The number of rotatable bonds is 4. The van der Waals surface area contributed by atoms with E-state index in [-0.39, 0.29) is 0 Å². The van der Waals surface area contributed by atoms with Gasteiger partial charge in [0.2, 0.25) is 0 Å². The minimum atomic E-state index is 0.392. The average Bonchev–Trinajstić information content (AvgIpc) is 2.84. The molecule has 4 heteroatoms. The highest BCUT2D eigenvalue weighted by Gasteiger charge is 2.30. The van der Waals surface area contributed by atoms with E-state index in [0.717, 1.165) is 18.0 Å². The van der Waals surface area contributed by atoms with Crippen LogP contribution in [0, 0.1) is 18.8 Å². The van der Waals surface area contributed by atoms with Crippen LogP contribution in [0.1, 0.15) is 36.9 Å². The predicted octanol–water partition coefficient (Wildman–Crippen LogP) is 2.26. The lowest BCUT2D eigenvalue weighted by Gasteiger charge is -2.25. The standard InChI is InChI=1S/C12H21N3S/c1-8-4-3-5-10(8)11(15-13)6-12-14-9(2)7-16-12/h7-8,10-11,15H,3-6,13H2,1-2H3. The average molecular weight is 239 g/mol. The van der Waals surface area contributed by atoms with Gasteiger partial charge in [0, 0.05) is 23.5 Å². The van der Waals surface area contributed by atoms with Crippen molar-refractivity contribution in [3.63, 3.8) is 0 Å². The second kappa shape index (κ2) is 5.25. The summed E-state index contributed by atoms with van der Waals surface area (Å²) in [6.45, 7) is 4.39. The number of hydrogen-bond acceptors (Lipinski definition) is 4. The molecule has 0 aromatic carbocycles. The quantitative estimate of drug-likeness (QED) is 0.626. The van der Waals surface area contributed by atoms with Crippen LogP contribution in [0.2, 0.25) is 0 Å². The minimum Gasteiger partial charge on any atom is -0.271 e. The molecule has 1 aromatic heterocycles. The Bertz CT molecular complexity index is 337. The molecular formula is C12H21N3S. The maximum absolute atomic E-state index is 5.70. The van der Waals surface area contributed by atoms with Gasteiger partial charge in [0.25, 0.3) is 0 Å². The molecule has 16 heavy (non-hydrogen) atoms. The fourth-order valence-corrected chi connectivity index (χ4v) is 3.62. The number of aryl methyl sites for hydroxylation is 1. The molecule has 0 amide bonds. The van der Waals surface area contributed by atoms with E-state index in [1.807, 2.05) is 6.92 Å². The van der Waals surface area contributed by atoms with Gasteiger partial charge < -0.3 is 0 Å². The molecule has 0 aliphatic heterocycles. The molecule has 90 valence electrons. The molecule has 1 aromatic rings. The van der Waals surface area contributed by atoms with E-state index < -0.39 is 0 Å². The third kappa shape index (κ3) is 2.62. The van der Waals surface area contributed by atoms with Crippen molar-refractivity contribution < 1.29 is 0 Å². The molecule has 1 fully saturated rings. The van der Waals surface area contributed by atoms with E-state index in [0.29, 0.717) is 12.0 Å². The van der Waals surface area contributed by atoms with E-state index in [1.54, 1.807) is 11.3 Å². The van der Waals surface area contributed by atoms with E-state index >= 15 is 0 Å². The summed E-state index contributed by atoms with van der Waals surface area (Å²) < 4.78 is 0. The Morgan fingerprint density at radius 2 is 2.44 bits per heavy atom. The zero-order chi connectivity index (χ0) is 11.5. The largest absolute Gasteiger partial charge is 0.271 e. The zero-order valence-electron chi connectivity index (χ0n) is 10.1. The Morgan fingerprint density at radius 3 is 2.94 bits per heavy atom. The Morgan fingerprint density at radius 1 is 1.62 bits per heavy atom. The van der Waals surface area contributed by atoms with Crippen LogP contribution in [0.3, 0.4) is 0 Å². The van der Waals surface area contributed by atoms with Crippen LogP contribution in [0.4, 0.5) is 0 Å². The van der Waals surface area contributed by atoms with Crippen molar-refractivity contribution in [3.05, 3.63) is 16.1 Å². The monoisotopic (exact) mass is 239 g/mol. The summed E-state index contributed by atoms with van der Waals surface area (Å²) in [7, 11) is 0. The Labute approximate surface area is 101 Å². The van der Waals surface area contributed by atoms with Gasteiger partial charge in [-0.05, 0) is 25.2 Å². The van der Waals surface area contributed by atoms with Crippen molar-refractivity contribution in [2.75, 3.05) is 0 Å². The van der Waals surface area contributed by atoms with E-state index in [2.05, 4.69) is 22.7 Å². The van der Waals surface area contributed by atoms with Gasteiger partial charge in [0.1, 0.15) is 0 Å². The van der Waals surface area contributed by atoms with Crippen LogP contribution in [-0.2, 0) is 6.42 Å². The van der Waals surface area contributed by atoms with Gasteiger partial charge in [-0.3, -0.25) is 11.3 Å². The molecule has 2 rings (SSSR count). The number of nitrogens with two attached hydrogens (primary N) is 1. The molecular weight excluding hydrogens is 218 g/mol. The molecule has 0 radical (unpaired) electrons. The molecule has 1 heterocycles. The van der Waals surface area contributed by atoms with Gasteiger partial charge in [0.05, 0.1) is 5.01 Å². The summed E-state index contributed by atoms with van der Waals surface area (Å²) in [6, 6.07) is 0.392. The number of thiazole rings is 1. The van der Waals surface area contributed by atoms with Crippen molar-refractivity contribution in [2.24, 2.45) is 17.7 Å². The summed E-state index contributed by atoms with van der Waals surface area (Å²) in [5.41, 5.74) is 4.12. The normalized spacial score (nSPS) is 27.2. The first kappa shape index (κ1) is 12.0. The van der Waals surface area contributed by atoms with Crippen molar-refractivity contribution in [1.82, 2.24) is 10.4 Å². The first-order chi connectivity index (χ1) is 7.70. The van der Waals surface area contributed by atoms with Crippen LogP contribution in [0.25, 0.3) is 0 Å². The SMILES string of the molecule is Cc1csc(CC(NN)C2CCCC2C)n1. The Balaban J connectivity index is 2.00. The second-order valence-corrected chi connectivity index (χ2v) is 5.87. The topological polar surface area (TPSA) is 50.9 Å². The first-order valence-corrected chi connectivity index (χ1v) is 6.96. The fourth-order valence-electron chi connectivity index (χ4n) is 2.79. The first-order valence-electron chi connectivity index (χ1n) is 6.08. The predicted molar refractivity (Wildman–Crippen MR) is 68.2 cm³/mol. The van der Waals surface area contributed by atoms with Gasteiger partial charge in [-0.25, -0.2) is 4.98 Å². The molecule has 3 nitrogen and oxygen atoms in total. The molecule has 3 atom stereocenters. The van der Waals surface area contributed by atoms with Crippen LogP contribution in [-0.4, -0.2) is 11.0 Å². The summed E-state index contributed by atoms with van der Waals surface area (Å²) in [5, 5.41) is 3.32. The molecule has 1 saturated carbocycles. The van der Waals surface area contributed by atoms with E-state index in [1.165, 1.54) is 24.3 Å². The third-order valence-electron chi connectivity index (χ3n) is 3.72. The number of hydrazine groups is 1. The molecule has 0 saturated heterocycles. The van der Waals surface area contributed by atoms with Gasteiger partial charge in [-0.1, -0.05) is 19.8 Å². The summed E-state index contributed by atoms with van der Waals surface area (Å²) in [6.07, 6.45) is 4.98. The number of nitrogens with zero attached hydrogens (tertiary/aromatic N) is 1. The summed E-state index contributed by atoms with van der Waals surface area (Å²) >= 11 is 1.75. The Kier molecular flexibility index (Phi) is 3.95. The molecule has 3 N–H and O–H groups in total.